The number of carbonyl (C=O) groups is 3. The Morgan fingerprint density at radius 2 is 1.97 bits per heavy atom. The molecule has 1 fully saturated rings. The Morgan fingerprint density at radius 3 is 2.57 bits per heavy atom. The number of fused-ring (bicyclic) bond motifs is 2. The summed E-state index contributed by atoms with van der Waals surface area (Å²) in [5.74, 6) is -5.42. The molecule has 10 heteroatoms. The van der Waals surface area contributed by atoms with Crippen LogP contribution in [0.15, 0.2) is 36.0 Å². The highest BCUT2D eigenvalue weighted by Gasteiger charge is 2.57. The summed E-state index contributed by atoms with van der Waals surface area (Å²) in [4.78, 5) is 44.4. The Bertz CT molecular complexity index is 1290. The molecule has 0 saturated heterocycles. The maximum Gasteiger partial charge on any atom is 0.225 e. The molecule has 6 N–H and O–H groups in total. The lowest BCUT2D eigenvalue weighted by atomic mass is 9.60. The maximum absolute atomic E-state index is 13.7. The molecule has 0 bridgehead atoms. The zero-order valence-electron chi connectivity index (χ0n) is 20.8. The molecule has 4 rings (SSSR count). The average Bonchev–Trinajstić information content (AvgIpc) is 2.83. The first-order valence-electron chi connectivity index (χ1n) is 12.1. The van der Waals surface area contributed by atoms with Gasteiger partial charge in [-0.3, -0.25) is 19.4 Å². The van der Waals surface area contributed by atoms with Gasteiger partial charge in [0, 0.05) is 42.0 Å². The molecule has 2 aliphatic carbocycles. The van der Waals surface area contributed by atoms with Crippen molar-refractivity contribution < 1.29 is 34.8 Å². The summed E-state index contributed by atoms with van der Waals surface area (Å²) < 4.78 is 0. The molecule has 1 amide bonds. The summed E-state index contributed by atoms with van der Waals surface area (Å²) in [5, 5.41) is 43.7. The van der Waals surface area contributed by atoms with Gasteiger partial charge in [0.05, 0.1) is 17.7 Å². The number of primary amides is 1. The van der Waals surface area contributed by atoms with Crippen molar-refractivity contribution in [2.24, 2.45) is 17.6 Å². The molecule has 1 aromatic heterocycles. The normalized spacial score (nSPS) is 23.1. The third kappa shape index (κ3) is 4.52. The molecular weight excluding hydrogens is 478 g/mol. The van der Waals surface area contributed by atoms with Crippen LogP contribution in [0.3, 0.4) is 0 Å². The largest absolute Gasteiger partial charge is 0.507 e. The van der Waals surface area contributed by atoms with Crippen molar-refractivity contribution in [3.8, 4) is 17.0 Å². The lowest BCUT2D eigenvalue weighted by Crippen LogP contribution is -2.59. The van der Waals surface area contributed by atoms with Crippen molar-refractivity contribution in [3.05, 3.63) is 52.7 Å². The van der Waals surface area contributed by atoms with Crippen LogP contribution in [0.5, 0.6) is 5.75 Å². The molecule has 1 aromatic carbocycles. The van der Waals surface area contributed by atoms with Crippen molar-refractivity contribution >= 4 is 23.2 Å². The van der Waals surface area contributed by atoms with Crippen LogP contribution in [0.2, 0.25) is 0 Å². The number of phenolic OH excluding ortho intramolecular Hbond substituents is 1. The smallest absolute Gasteiger partial charge is 0.225 e. The van der Waals surface area contributed by atoms with Gasteiger partial charge in [0.2, 0.25) is 11.7 Å². The molecule has 2 aromatic rings. The standard InChI is InChI=1S/C27H31N3O7/c1-30(2)13-15-11-17(19-5-3-4-7-29-19)18-10-14-9-16(6-8-31)27(37,20(32)12-21(28)33)26(36)22(14)25(35)23(18)24(15)34/h3-5,7,11,14,16,31,34-35,37H,6,8-10,12-13H2,1-2H3,(H2,28,33)/t14-,16-,27-/m1/s1. The van der Waals surface area contributed by atoms with Crippen molar-refractivity contribution in [1.29, 1.82) is 0 Å². The van der Waals surface area contributed by atoms with Gasteiger partial charge >= 0.3 is 0 Å². The second-order valence-electron chi connectivity index (χ2n) is 10.0. The third-order valence-corrected chi connectivity index (χ3v) is 7.25. The monoisotopic (exact) mass is 509 g/mol. The van der Waals surface area contributed by atoms with Crippen molar-refractivity contribution in [3.63, 3.8) is 0 Å². The fraction of sp³-hybridized carbons (Fsp3) is 0.407. The molecule has 10 nitrogen and oxygen atoms in total. The van der Waals surface area contributed by atoms with E-state index in [9.17, 15) is 34.8 Å². The van der Waals surface area contributed by atoms with Crippen LogP contribution in [-0.2, 0) is 27.3 Å². The highest BCUT2D eigenvalue weighted by Crippen LogP contribution is 2.51. The van der Waals surface area contributed by atoms with Gasteiger partial charge < -0.3 is 31.1 Å². The number of carbonyl (C=O) groups excluding carboxylic acids is 3. The van der Waals surface area contributed by atoms with Crippen LogP contribution < -0.4 is 5.73 Å². The number of ketones is 2. The molecule has 1 saturated carbocycles. The molecule has 0 radical (unpaired) electrons. The number of aliphatic hydroxyl groups is 3. The van der Waals surface area contributed by atoms with Crippen LogP contribution in [0.25, 0.3) is 17.0 Å². The summed E-state index contributed by atoms with van der Waals surface area (Å²) >= 11 is 0. The molecule has 3 atom stereocenters. The molecule has 37 heavy (non-hydrogen) atoms. The average molecular weight is 510 g/mol. The third-order valence-electron chi connectivity index (χ3n) is 7.25. The van der Waals surface area contributed by atoms with Crippen LogP contribution in [0.1, 0.15) is 36.0 Å². The van der Waals surface area contributed by atoms with Gasteiger partial charge in [-0.25, -0.2) is 0 Å². The van der Waals surface area contributed by atoms with Gasteiger partial charge in [0.25, 0.3) is 0 Å². The number of aliphatic hydroxyl groups excluding tert-OH is 2. The molecule has 1 heterocycles. The summed E-state index contributed by atoms with van der Waals surface area (Å²) in [6, 6.07) is 7.22. The van der Waals surface area contributed by atoms with E-state index in [1.807, 2.05) is 37.2 Å². The van der Waals surface area contributed by atoms with Crippen LogP contribution in [0.4, 0.5) is 0 Å². The number of aromatic hydroxyl groups is 1. The number of hydrogen-bond donors (Lipinski definition) is 5. The second-order valence-corrected chi connectivity index (χ2v) is 10.0. The number of pyridine rings is 1. The highest BCUT2D eigenvalue weighted by atomic mass is 16.3. The van der Waals surface area contributed by atoms with Gasteiger partial charge in [0.15, 0.2) is 11.4 Å². The van der Waals surface area contributed by atoms with E-state index < -0.39 is 53.7 Å². The summed E-state index contributed by atoms with van der Waals surface area (Å²) in [6.45, 7) is -0.0646. The number of Topliss-reactive ketones (excluding diaryl/α,β-unsaturated/α-hetero) is 2. The van der Waals surface area contributed by atoms with E-state index in [2.05, 4.69) is 4.98 Å². The van der Waals surface area contributed by atoms with E-state index in [0.29, 0.717) is 28.9 Å². The zero-order valence-corrected chi connectivity index (χ0v) is 20.8. The van der Waals surface area contributed by atoms with E-state index in [-0.39, 0.29) is 36.1 Å². The van der Waals surface area contributed by atoms with Crippen LogP contribution in [-0.4, -0.2) is 74.1 Å². The van der Waals surface area contributed by atoms with Crippen LogP contribution >= 0.6 is 0 Å². The quantitative estimate of drug-likeness (QED) is 0.326. The second kappa shape index (κ2) is 10.0. The minimum absolute atomic E-state index is 0.0601. The van der Waals surface area contributed by atoms with Gasteiger partial charge in [-0.05, 0) is 63.0 Å². The predicted octanol–water partition coefficient (Wildman–Crippen LogP) is 1.10. The number of amides is 1. The van der Waals surface area contributed by atoms with Gasteiger partial charge in [-0.15, -0.1) is 0 Å². The maximum atomic E-state index is 13.7. The van der Waals surface area contributed by atoms with E-state index >= 15 is 0 Å². The van der Waals surface area contributed by atoms with Gasteiger partial charge in [-0.2, -0.15) is 0 Å². The Hall–Kier alpha value is -3.60. The molecule has 0 aliphatic heterocycles. The molecular formula is C27H31N3O7. The lowest BCUT2D eigenvalue weighted by Gasteiger charge is -2.44. The number of phenols is 1. The molecule has 2 aliphatic rings. The minimum Gasteiger partial charge on any atom is -0.507 e. The summed E-state index contributed by atoms with van der Waals surface area (Å²) in [6.07, 6.45) is 1.03. The molecule has 0 unspecified atom stereocenters. The fourth-order valence-electron chi connectivity index (χ4n) is 5.65. The Kier molecular flexibility index (Phi) is 7.18. The number of nitrogens with two attached hydrogens (primary N) is 1. The zero-order chi connectivity index (χ0) is 27.1. The minimum atomic E-state index is -2.63. The number of hydrogen-bond acceptors (Lipinski definition) is 9. The Morgan fingerprint density at radius 1 is 1.24 bits per heavy atom. The van der Waals surface area contributed by atoms with Crippen molar-refractivity contribution in [2.75, 3.05) is 20.7 Å². The van der Waals surface area contributed by atoms with Crippen molar-refractivity contribution in [2.45, 2.75) is 37.8 Å². The summed E-state index contributed by atoms with van der Waals surface area (Å²) in [7, 11) is 3.65. The first kappa shape index (κ1) is 26.5. The molecule has 0 spiro atoms. The van der Waals surface area contributed by atoms with Gasteiger partial charge in [0.1, 0.15) is 11.5 Å². The van der Waals surface area contributed by atoms with Gasteiger partial charge in [-0.1, -0.05) is 6.07 Å². The molecule has 196 valence electrons. The number of aromatic nitrogens is 1. The Balaban J connectivity index is 1.95. The van der Waals surface area contributed by atoms with Crippen molar-refractivity contribution in [1.82, 2.24) is 9.88 Å². The topological polar surface area (TPSA) is 174 Å². The van der Waals surface area contributed by atoms with E-state index in [1.54, 1.807) is 12.3 Å². The lowest BCUT2D eigenvalue weighted by molar-refractivity contribution is -0.159. The fourth-order valence-corrected chi connectivity index (χ4v) is 5.65. The SMILES string of the molecule is CN(C)Cc1cc(-c2ccccn2)c2c(c1O)C(O)=C1C(=O)[C@](O)(C(=O)CC(N)=O)[C@H](CCO)C[C@@H]1C2. The number of nitrogens with zero attached hydrogens (tertiary/aromatic N) is 2. The Labute approximate surface area is 214 Å². The van der Waals surface area contributed by atoms with Crippen LogP contribution in [0, 0.1) is 11.8 Å². The number of rotatable bonds is 8. The predicted molar refractivity (Wildman–Crippen MR) is 134 cm³/mol. The number of benzene rings is 1. The highest BCUT2D eigenvalue weighted by molar-refractivity contribution is 6.23. The van der Waals surface area contributed by atoms with E-state index in [4.69, 9.17) is 5.73 Å². The summed E-state index contributed by atoms with van der Waals surface area (Å²) in [5.41, 5.74) is 4.81. The first-order valence-corrected chi connectivity index (χ1v) is 12.1. The van der Waals surface area contributed by atoms with E-state index in [1.165, 1.54) is 0 Å². The van der Waals surface area contributed by atoms with E-state index in [0.717, 1.165) is 0 Å². The first-order chi connectivity index (χ1) is 17.5.